The number of amides is 5. The van der Waals surface area contributed by atoms with Gasteiger partial charge in [0.2, 0.25) is 29.5 Å². The lowest BCUT2D eigenvalue weighted by Gasteiger charge is -2.39. The van der Waals surface area contributed by atoms with Crippen molar-refractivity contribution in [3.63, 3.8) is 0 Å². The van der Waals surface area contributed by atoms with Gasteiger partial charge in [-0.15, -0.1) is 0 Å². The molecule has 2 rings (SSSR count). The van der Waals surface area contributed by atoms with E-state index in [1.54, 1.807) is 28.2 Å². The van der Waals surface area contributed by atoms with Gasteiger partial charge in [0.25, 0.3) is 0 Å². The summed E-state index contributed by atoms with van der Waals surface area (Å²) in [5, 5.41) is 10.2. The van der Waals surface area contributed by atoms with Gasteiger partial charge >= 0.3 is 0 Å². The van der Waals surface area contributed by atoms with E-state index in [9.17, 15) is 24.0 Å². The number of rotatable bonds is 19. The summed E-state index contributed by atoms with van der Waals surface area (Å²) in [4.78, 5) is 77.0. The molecule has 2 aromatic rings. The summed E-state index contributed by atoms with van der Waals surface area (Å²) in [6.45, 7) is 19.4. The topological polar surface area (TPSA) is 147 Å². The van der Waals surface area contributed by atoms with E-state index in [1.165, 1.54) is 14.7 Å². The van der Waals surface area contributed by atoms with E-state index in [0.29, 0.717) is 19.4 Å². The first kappa shape index (κ1) is 44.2. The molecule has 0 aliphatic rings. The second kappa shape index (κ2) is 19.8. The Balaban J connectivity index is 2.24. The lowest BCUT2D eigenvalue weighted by molar-refractivity contribution is -0.152. The van der Waals surface area contributed by atoms with Crippen molar-refractivity contribution in [2.45, 2.75) is 112 Å². The maximum atomic E-state index is 14.2. The molecule has 1 aromatic heterocycles. The lowest BCUT2D eigenvalue weighted by Crippen LogP contribution is -2.62. The van der Waals surface area contributed by atoms with Gasteiger partial charge in [0.05, 0.1) is 6.04 Å². The molecule has 0 saturated heterocycles. The lowest BCUT2D eigenvalue weighted by atomic mass is 9.94. The number of nitrogens with zero attached hydrogens (tertiary/aromatic N) is 3. The first-order valence-corrected chi connectivity index (χ1v) is 18.9. The Morgan fingerprint density at radius 2 is 1.19 bits per heavy atom. The summed E-state index contributed by atoms with van der Waals surface area (Å²) in [5.74, 6) is -2.43. The SMILES string of the molecule is CN[C@H](CC(C)C)C(=O)N(C)[C@@H](C(=O)N[C@@H](C(=O)N(C)[C@@H](C(=O)N(C)[C@@H](C(=O)NCCc1c[nH]c2ccccc12)C(C)C)C(C)C)C(C)C)C(C)C. The van der Waals surface area contributed by atoms with E-state index >= 15 is 0 Å². The third-order valence-electron chi connectivity index (χ3n) is 9.93. The van der Waals surface area contributed by atoms with Gasteiger partial charge in [-0.2, -0.15) is 0 Å². The van der Waals surface area contributed by atoms with Gasteiger partial charge in [0.1, 0.15) is 24.2 Å². The van der Waals surface area contributed by atoms with E-state index in [-0.39, 0.29) is 47.3 Å². The number of hydrogen-bond acceptors (Lipinski definition) is 6. The minimum atomic E-state index is -0.953. The zero-order valence-corrected chi connectivity index (χ0v) is 34.2. The zero-order valence-electron chi connectivity index (χ0n) is 34.2. The molecule has 0 bridgehead atoms. The number of nitrogens with one attached hydrogen (secondary N) is 4. The highest BCUT2D eigenvalue weighted by Gasteiger charge is 2.41. The summed E-state index contributed by atoms with van der Waals surface area (Å²) in [6, 6.07) is 4.13. The molecule has 12 nitrogen and oxygen atoms in total. The Hall–Kier alpha value is -3.93. The van der Waals surface area contributed by atoms with E-state index in [1.807, 2.05) is 99.7 Å². The summed E-state index contributed by atoms with van der Waals surface area (Å²) in [6.07, 6.45) is 3.20. The molecule has 0 aliphatic carbocycles. The van der Waals surface area contributed by atoms with Crippen molar-refractivity contribution in [2.24, 2.45) is 29.6 Å². The minimum Gasteiger partial charge on any atom is -0.361 e. The van der Waals surface area contributed by atoms with Crippen LogP contribution >= 0.6 is 0 Å². The highest BCUT2D eigenvalue weighted by molar-refractivity contribution is 5.96. The standard InChI is InChI=1S/C40H67N7O5/c1-23(2)21-31(41-11)38(50)45(12)34(26(7)8)37(49)44-32(24(3)4)39(51)47(14)35(27(9)10)40(52)46(13)33(25(5)6)36(48)42-20-19-28-22-43-30-18-16-15-17-29(28)30/h15-18,22-27,31-35,41,43H,19-21H2,1-14H3,(H,42,48)(H,44,49)/t31-,32-,33-,34-,35-/m1/s1. The number of H-pyrrole nitrogens is 1. The van der Waals surface area contributed by atoms with Crippen LogP contribution in [0.5, 0.6) is 0 Å². The summed E-state index contributed by atoms with van der Waals surface area (Å²) in [7, 11) is 6.55. The molecule has 4 N–H and O–H groups in total. The van der Waals surface area contributed by atoms with Gasteiger partial charge in [-0.25, -0.2) is 0 Å². The third-order valence-corrected chi connectivity index (χ3v) is 9.93. The van der Waals surface area contributed by atoms with E-state index in [2.05, 4.69) is 20.9 Å². The number of hydrogen-bond donors (Lipinski definition) is 4. The quantitative estimate of drug-likeness (QED) is 0.172. The molecule has 1 aromatic carbocycles. The number of carbonyl (C=O) groups is 5. The number of likely N-dealkylation sites (N-methyl/N-ethyl adjacent to an activating group) is 4. The van der Waals surface area contributed by atoms with Crippen LogP contribution in [0.2, 0.25) is 0 Å². The highest BCUT2D eigenvalue weighted by Crippen LogP contribution is 2.22. The molecule has 0 aliphatic heterocycles. The fourth-order valence-corrected chi connectivity index (χ4v) is 7.16. The molecule has 12 heteroatoms. The Kier molecular flexibility index (Phi) is 16.8. The molecule has 0 radical (unpaired) electrons. The van der Waals surface area contributed by atoms with Crippen LogP contribution in [0.3, 0.4) is 0 Å². The number of carbonyl (C=O) groups excluding carboxylic acids is 5. The highest BCUT2D eigenvalue weighted by atomic mass is 16.2. The minimum absolute atomic E-state index is 0.190. The van der Waals surface area contributed by atoms with Gasteiger partial charge in [-0.3, -0.25) is 24.0 Å². The maximum Gasteiger partial charge on any atom is 0.246 e. The molecule has 0 spiro atoms. The van der Waals surface area contributed by atoms with Crippen LogP contribution in [0.4, 0.5) is 0 Å². The Morgan fingerprint density at radius 3 is 1.71 bits per heavy atom. The van der Waals surface area contributed by atoms with Gasteiger partial charge in [0, 0.05) is 44.8 Å². The predicted molar refractivity (Wildman–Crippen MR) is 208 cm³/mol. The number of benzene rings is 1. The number of aromatic amines is 1. The van der Waals surface area contributed by atoms with Crippen LogP contribution in [-0.2, 0) is 30.4 Å². The van der Waals surface area contributed by atoms with Crippen molar-refractivity contribution in [3.05, 3.63) is 36.0 Å². The molecule has 0 fully saturated rings. The van der Waals surface area contributed by atoms with Crippen LogP contribution < -0.4 is 16.0 Å². The van der Waals surface area contributed by atoms with Crippen LogP contribution in [-0.4, -0.2) is 114 Å². The van der Waals surface area contributed by atoms with Crippen LogP contribution in [0, 0.1) is 29.6 Å². The van der Waals surface area contributed by atoms with Gasteiger partial charge in [-0.1, -0.05) is 87.4 Å². The molecular weight excluding hydrogens is 658 g/mol. The molecule has 5 atom stereocenters. The van der Waals surface area contributed by atoms with Crippen LogP contribution in [0.1, 0.15) is 81.2 Å². The van der Waals surface area contributed by atoms with E-state index in [4.69, 9.17) is 0 Å². The van der Waals surface area contributed by atoms with Gasteiger partial charge < -0.3 is 35.6 Å². The first-order chi connectivity index (χ1) is 24.3. The summed E-state index contributed by atoms with van der Waals surface area (Å²) >= 11 is 0. The van der Waals surface area contributed by atoms with Crippen molar-refractivity contribution in [1.29, 1.82) is 0 Å². The third kappa shape index (κ3) is 11.0. The van der Waals surface area contributed by atoms with Crippen molar-refractivity contribution < 1.29 is 24.0 Å². The average Bonchev–Trinajstić information content (AvgIpc) is 3.47. The smallest absolute Gasteiger partial charge is 0.246 e. The Morgan fingerprint density at radius 1 is 0.673 bits per heavy atom. The van der Waals surface area contributed by atoms with E-state index in [0.717, 1.165) is 16.5 Å². The number of fused-ring (bicyclic) bond motifs is 1. The zero-order chi connectivity index (χ0) is 39.6. The average molecular weight is 726 g/mol. The van der Waals surface area contributed by atoms with Gasteiger partial charge in [0.15, 0.2) is 0 Å². The predicted octanol–water partition coefficient (Wildman–Crippen LogP) is 4.05. The maximum absolute atomic E-state index is 14.2. The Labute approximate surface area is 312 Å². The molecule has 0 saturated carbocycles. The molecular formula is C40H67N7O5. The molecule has 292 valence electrons. The van der Waals surface area contributed by atoms with Crippen molar-refractivity contribution in [3.8, 4) is 0 Å². The number of para-hydroxylation sites is 1. The molecule has 0 unspecified atom stereocenters. The molecule has 5 amide bonds. The Bertz CT molecular complexity index is 1500. The van der Waals surface area contributed by atoms with Crippen LogP contribution in [0.25, 0.3) is 10.9 Å². The summed E-state index contributed by atoms with van der Waals surface area (Å²) < 4.78 is 0. The molecule has 52 heavy (non-hydrogen) atoms. The van der Waals surface area contributed by atoms with Crippen molar-refractivity contribution in [2.75, 3.05) is 34.7 Å². The van der Waals surface area contributed by atoms with Crippen molar-refractivity contribution >= 4 is 40.4 Å². The first-order valence-electron chi connectivity index (χ1n) is 18.9. The van der Waals surface area contributed by atoms with Crippen LogP contribution in [0.15, 0.2) is 30.5 Å². The molecule has 1 heterocycles. The van der Waals surface area contributed by atoms with E-state index < -0.39 is 42.0 Å². The second-order valence-electron chi connectivity index (χ2n) is 16.0. The van der Waals surface area contributed by atoms with Crippen molar-refractivity contribution in [1.82, 2.24) is 35.6 Å². The largest absolute Gasteiger partial charge is 0.361 e. The van der Waals surface area contributed by atoms with Gasteiger partial charge in [-0.05, 0) is 61.1 Å². The second-order valence-corrected chi connectivity index (χ2v) is 16.0. The fraction of sp³-hybridized carbons (Fsp3) is 0.675. The monoisotopic (exact) mass is 726 g/mol. The number of aromatic nitrogens is 1. The normalized spacial score (nSPS) is 14.8. The summed E-state index contributed by atoms with van der Waals surface area (Å²) in [5.41, 5.74) is 2.13. The fourth-order valence-electron chi connectivity index (χ4n) is 7.16.